The molecule has 0 aliphatic rings. The van der Waals surface area contributed by atoms with Crippen LogP contribution in [-0.2, 0) is 20.4 Å². The molecule has 0 spiro atoms. The highest BCUT2D eigenvalue weighted by molar-refractivity contribution is 5.70. The zero-order chi connectivity index (χ0) is 18.7. The van der Waals surface area contributed by atoms with Crippen LogP contribution < -0.4 is 0 Å². The van der Waals surface area contributed by atoms with Crippen LogP contribution in [0.2, 0.25) is 0 Å². The maximum atomic E-state index is 11.9. The number of benzene rings is 1. The van der Waals surface area contributed by atoms with Crippen molar-refractivity contribution in [1.82, 2.24) is 0 Å². The van der Waals surface area contributed by atoms with Gasteiger partial charge in [-0.1, -0.05) is 60.6 Å². The van der Waals surface area contributed by atoms with Crippen molar-refractivity contribution in [3.05, 3.63) is 28.8 Å². The van der Waals surface area contributed by atoms with E-state index in [0.717, 1.165) is 23.1 Å². The van der Waals surface area contributed by atoms with E-state index in [1.54, 1.807) is 0 Å². The quantitative estimate of drug-likeness (QED) is 0.730. The monoisotopic (exact) mass is 334 g/mol. The second kappa shape index (κ2) is 7.58. The first kappa shape index (κ1) is 20.5. The number of carbonyl (C=O) groups is 1. The molecule has 3 nitrogen and oxygen atoms in total. The third-order valence-corrected chi connectivity index (χ3v) is 4.43. The van der Waals surface area contributed by atoms with Crippen molar-refractivity contribution < 1.29 is 14.6 Å². The van der Waals surface area contributed by atoms with Gasteiger partial charge in [0.1, 0.15) is 5.75 Å². The summed E-state index contributed by atoms with van der Waals surface area (Å²) in [4.78, 5) is 11.9. The molecule has 3 heteroatoms. The minimum Gasteiger partial charge on any atom is -0.507 e. The molecule has 1 aromatic rings. The van der Waals surface area contributed by atoms with E-state index in [4.69, 9.17) is 4.74 Å². The highest BCUT2D eigenvalue weighted by atomic mass is 16.5. The fourth-order valence-electron chi connectivity index (χ4n) is 2.95. The van der Waals surface area contributed by atoms with Gasteiger partial charge in [0.25, 0.3) is 0 Å². The molecule has 24 heavy (non-hydrogen) atoms. The second-order valence-corrected chi connectivity index (χ2v) is 8.58. The van der Waals surface area contributed by atoms with Crippen LogP contribution in [-0.4, -0.2) is 17.7 Å². The third-order valence-electron chi connectivity index (χ3n) is 4.43. The lowest BCUT2D eigenvalue weighted by Crippen LogP contribution is -2.19. The molecule has 1 rings (SSSR count). The Morgan fingerprint density at radius 3 is 1.83 bits per heavy atom. The Bertz CT molecular complexity index is 539. The molecule has 0 bridgehead atoms. The minimum absolute atomic E-state index is 0.104. The molecule has 0 saturated heterocycles. The van der Waals surface area contributed by atoms with Crippen molar-refractivity contribution in [2.75, 3.05) is 6.61 Å². The van der Waals surface area contributed by atoms with Crippen LogP contribution in [0.3, 0.4) is 0 Å². The summed E-state index contributed by atoms with van der Waals surface area (Å²) in [5.41, 5.74) is 2.66. The van der Waals surface area contributed by atoms with Gasteiger partial charge in [0.15, 0.2) is 0 Å². The van der Waals surface area contributed by atoms with Gasteiger partial charge in [-0.3, -0.25) is 4.79 Å². The van der Waals surface area contributed by atoms with E-state index >= 15 is 0 Å². The molecule has 0 fully saturated rings. The second-order valence-electron chi connectivity index (χ2n) is 8.58. The molecular weight excluding hydrogens is 300 g/mol. The van der Waals surface area contributed by atoms with Crippen molar-refractivity contribution in [1.29, 1.82) is 0 Å². The lowest BCUT2D eigenvalue weighted by atomic mass is 9.76. The van der Waals surface area contributed by atoms with Crippen molar-refractivity contribution in [3.8, 4) is 5.75 Å². The molecular formula is C21H34O3. The zero-order valence-corrected chi connectivity index (χ0v) is 16.6. The van der Waals surface area contributed by atoms with Crippen LogP contribution in [0.1, 0.15) is 90.8 Å². The van der Waals surface area contributed by atoms with Gasteiger partial charge in [-0.15, -0.1) is 0 Å². The number of ether oxygens (including phenoxy) is 1. The molecule has 0 aromatic heterocycles. The Labute approximate surface area is 147 Å². The summed E-state index contributed by atoms with van der Waals surface area (Å²) in [5, 5.41) is 10.8. The molecule has 1 atom stereocenters. The smallest absolute Gasteiger partial charge is 0.306 e. The lowest BCUT2D eigenvalue weighted by molar-refractivity contribution is -0.143. The molecule has 1 aromatic carbocycles. The number of phenols is 1. The van der Waals surface area contributed by atoms with Gasteiger partial charge in [0.05, 0.1) is 13.0 Å². The molecule has 0 radical (unpaired) electrons. The average molecular weight is 335 g/mol. The highest BCUT2D eigenvalue weighted by Gasteiger charge is 2.28. The summed E-state index contributed by atoms with van der Waals surface area (Å²) in [7, 11) is 0. The van der Waals surface area contributed by atoms with Crippen molar-refractivity contribution in [2.24, 2.45) is 0 Å². The van der Waals surface area contributed by atoms with Gasteiger partial charge in [0, 0.05) is 0 Å². The predicted octanol–water partition coefficient (Wildman–Crippen LogP) is 5.43. The number of hydrogen-bond acceptors (Lipinski definition) is 3. The fraction of sp³-hybridized carbons (Fsp3) is 0.667. The number of phenolic OH excluding ortho intramolecular Hbond substituents is 1. The Morgan fingerprint density at radius 1 is 1.04 bits per heavy atom. The zero-order valence-electron chi connectivity index (χ0n) is 16.6. The van der Waals surface area contributed by atoms with Crippen molar-refractivity contribution in [2.45, 2.75) is 85.0 Å². The van der Waals surface area contributed by atoms with Gasteiger partial charge < -0.3 is 9.84 Å². The number of aromatic hydroxyl groups is 1. The number of esters is 1. The summed E-state index contributed by atoms with van der Waals surface area (Å²) in [6.07, 6.45) is 1.24. The van der Waals surface area contributed by atoms with Crippen LogP contribution in [0.15, 0.2) is 12.1 Å². The largest absolute Gasteiger partial charge is 0.507 e. The number of hydrogen-bond donors (Lipinski definition) is 1. The van der Waals surface area contributed by atoms with E-state index in [1.807, 2.05) is 6.92 Å². The lowest BCUT2D eigenvalue weighted by Gasteiger charge is -2.29. The fourth-order valence-corrected chi connectivity index (χ4v) is 2.95. The van der Waals surface area contributed by atoms with Crippen molar-refractivity contribution >= 4 is 5.97 Å². The molecule has 0 heterocycles. The first-order valence-corrected chi connectivity index (χ1v) is 8.95. The van der Waals surface area contributed by atoms with Gasteiger partial charge in [-0.25, -0.2) is 0 Å². The maximum absolute atomic E-state index is 11.9. The normalized spacial score (nSPS) is 13.7. The van der Waals surface area contributed by atoms with E-state index in [9.17, 15) is 9.90 Å². The average Bonchev–Trinajstić information content (AvgIpc) is 2.43. The third kappa shape index (κ3) is 4.99. The first-order valence-electron chi connectivity index (χ1n) is 8.95. The highest BCUT2D eigenvalue weighted by Crippen LogP contribution is 2.42. The molecule has 0 saturated carbocycles. The van der Waals surface area contributed by atoms with Crippen LogP contribution in [0.25, 0.3) is 0 Å². The minimum atomic E-state index is -0.164. The van der Waals surface area contributed by atoms with E-state index in [1.165, 1.54) is 0 Å². The summed E-state index contributed by atoms with van der Waals surface area (Å²) in [5.74, 6) is 0.323. The molecule has 0 aliphatic carbocycles. The Balaban J connectivity index is 3.44. The number of carbonyl (C=O) groups excluding carboxylic acids is 1. The van der Waals surface area contributed by atoms with E-state index in [0.29, 0.717) is 18.8 Å². The Hall–Kier alpha value is -1.51. The van der Waals surface area contributed by atoms with Crippen LogP contribution in [0.4, 0.5) is 0 Å². The molecule has 1 N–H and O–H groups in total. The summed E-state index contributed by atoms with van der Waals surface area (Å²) >= 11 is 0. The molecule has 0 amide bonds. The van der Waals surface area contributed by atoms with Crippen molar-refractivity contribution in [3.63, 3.8) is 0 Å². The summed E-state index contributed by atoms with van der Waals surface area (Å²) in [6.45, 7) is 16.9. The number of rotatable bonds is 5. The first-order chi connectivity index (χ1) is 10.9. The van der Waals surface area contributed by atoms with E-state index in [-0.39, 0.29) is 22.7 Å². The summed E-state index contributed by atoms with van der Waals surface area (Å²) < 4.78 is 5.13. The van der Waals surface area contributed by atoms with Crippen LogP contribution in [0.5, 0.6) is 5.75 Å². The molecule has 1 unspecified atom stereocenters. The molecule has 136 valence electrons. The standard InChI is InChI=1S/C21H34O3/c1-9-14(13-18(22)24-10-2)15-11-16(20(3,4)5)19(23)17(12-15)21(6,7)8/h11-12,14,23H,9-10,13H2,1-8H3. The maximum Gasteiger partial charge on any atom is 0.306 e. The van der Waals surface area contributed by atoms with Gasteiger partial charge in [0.2, 0.25) is 0 Å². The van der Waals surface area contributed by atoms with Crippen LogP contribution >= 0.6 is 0 Å². The van der Waals surface area contributed by atoms with Crippen LogP contribution in [0, 0.1) is 0 Å². The topological polar surface area (TPSA) is 46.5 Å². The Morgan fingerprint density at radius 2 is 1.50 bits per heavy atom. The molecule has 0 aliphatic heterocycles. The van der Waals surface area contributed by atoms with Gasteiger partial charge in [-0.2, -0.15) is 0 Å². The van der Waals surface area contributed by atoms with Gasteiger partial charge in [-0.05, 0) is 46.8 Å². The van der Waals surface area contributed by atoms with Gasteiger partial charge >= 0.3 is 5.97 Å². The summed E-state index contributed by atoms with van der Waals surface area (Å²) in [6, 6.07) is 4.13. The predicted molar refractivity (Wildman–Crippen MR) is 99.8 cm³/mol. The SMILES string of the molecule is CCOC(=O)CC(CC)c1cc(C(C)(C)C)c(O)c(C(C)(C)C)c1. The van der Waals surface area contributed by atoms with E-state index < -0.39 is 0 Å². The van der Waals surface area contributed by atoms with E-state index in [2.05, 4.69) is 60.6 Å². The Kier molecular flexibility index (Phi) is 6.49.